The van der Waals surface area contributed by atoms with Gasteiger partial charge in [-0.25, -0.2) is 0 Å². The Kier molecular flexibility index (Phi) is 9.85. The third-order valence-corrected chi connectivity index (χ3v) is 17.5. The zero-order chi connectivity index (χ0) is 52.7. The van der Waals surface area contributed by atoms with Crippen molar-refractivity contribution in [3.63, 3.8) is 0 Å². The monoisotopic (exact) mass is 1010 g/mol. The van der Waals surface area contributed by atoms with Crippen LogP contribution in [0.2, 0.25) is 0 Å². The van der Waals surface area contributed by atoms with E-state index in [4.69, 9.17) is 0 Å². The van der Waals surface area contributed by atoms with Crippen molar-refractivity contribution in [3.05, 3.63) is 299 Å². The minimum Gasteiger partial charge on any atom is -0.309 e. The molecular weight excluding hydrogens is 953 g/mol. The Morgan fingerprint density at radius 2 is 0.532 bits per heavy atom. The maximum Gasteiger partial charge on any atom is 0.0725 e. The third-order valence-electron chi connectivity index (χ3n) is 17.5. The largest absolute Gasteiger partial charge is 0.309 e. The summed E-state index contributed by atoms with van der Waals surface area (Å²) in [5.74, 6) is 0. The summed E-state index contributed by atoms with van der Waals surface area (Å²) in [5.41, 5.74) is 32.2. The van der Waals surface area contributed by atoms with Gasteiger partial charge < -0.3 is 9.13 Å². The van der Waals surface area contributed by atoms with Gasteiger partial charge in [-0.15, -0.1) is 0 Å². The van der Waals surface area contributed by atoms with Gasteiger partial charge >= 0.3 is 0 Å². The molecule has 0 N–H and O–H groups in total. The van der Waals surface area contributed by atoms with E-state index in [1.807, 2.05) is 0 Å². The highest BCUT2D eigenvalue weighted by Gasteiger charge is 2.51. The standard InChI is InChI=1S/C77H54N2/c1-47-37-48(2)40-59(39-47)78-73-19-11-7-15-65(73)67-43-55(31-35-75(67)78)51-21-25-53(26-22-51)57-29-33-63-64-34-30-58(46-72(64)77(71(63)45-57)69-17-9-5-13-61(69)62-14-6-10-18-70(62)77)54-27-23-52(24-28-54)56-32-36-76-68(44-56)66-16-8-12-20-74(66)79(76)60-41-49(3)38-50(4)42-60/h5-46H,1-4H3. The molecule has 0 aliphatic heterocycles. The zero-order valence-electron chi connectivity index (χ0n) is 44.6. The molecule has 12 aromatic carbocycles. The number of para-hydroxylation sites is 2. The van der Waals surface area contributed by atoms with Crippen LogP contribution in [0.25, 0.3) is 122 Å². The lowest BCUT2D eigenvalue weighted by atomic mass is 9.70. The molecule has 79 heavy (non-hydrogen) atoms. The highest BCUT2D eigenvalue weighted by molar-refractivity contribution is 6.12. The van der Waals surface area contributed by atoms with Crippen LogP contribution in [0.1, 0.15) is 44.5 Å². The quantitative estimate of drug-likeness (QED) is 0.157. The molecule has 0 saturated carbocycles. The van der Waals surface area contributed by atoms with Gasteiger partial charge in [0, 0.05) is 32.9 Å². The van der Waals surface area contributed by atoms with E-state index >= 15 is 0 Å². The van der Waals surface area contributed by atoms with Crippen LogP contribution >= 0.6 is 0 Å². The second kappa shape index (κ2) is 17.1. The van der Waals surface area contributed by atoms with Crippen molar-refractivity contribution in [1.82, 2.24) is 9.13 Å². The number of aromatic nitrogens is 2. The summed E-state index contributed by atoms with van der Waals surface area (Å²) in [4.78, 5) is 0. The third kappa shape index (κ3) is 6.77. The van der Waals surface area contributed by atoms with Crippen LogP contribution in [-0.4, -0.2) is 9.13 Å². The molecule has 0 radical (unpaired) electrons. The first-order valence-electron chi connectivity index (χ1n) is 27.7. The lowest BCUT2D eigenvalue weighted by Gasteiger charge is -2.31. The smallest absolute Gasteiger partial charge is 0.0725 e. The normalized spacial score (nSPS) is 12.9. The second-order valence-electron chi connectivity index (χ2n) is 22.4. The van der Waals surface area contributed by atoms with Gasteiger partial charge in [0.15, 0.2) is 0 Å². The Morgan fingerprint density at radius 3 is 0.937 bits per heavy atom. The Bertz CT molecular complexity index is 4520. The summed E-state index contributed by atoms with van der Waals surface area (Å²) < 4.78 is 4.84. The lowest BCUT2D eigenvalue weighted by molar-refractivity contribution is 0.794. The van der Waals surface area contributed by atoms with Crippen LogP contribution in [-0.2, 0) is 5.41 Å². The van der Waals surface area contributed by atoms with Crippen LogP contribution in [0.15, 0.2) is 255 Å². The van der Waals surface area contributed by atoms with Gasteiger partial charge in [0.1, 0.15) is 0 Å². The molecule has 16 rings (SSSR count). The van der Waals surface area contributed by atoms with E-state index in [0.29, 0.717) is 0 Å². The molecular formula is C77H54N2. The Labute approximate surface area is 460 Å². The highest BCUT2D eigenvalue weighted by atomic mass is 15.0. The molecule has 0 unspecified atom stereocenters. The minimum atomic E-state index is -0.485. The molecule has 2 aliphatic rings. The van der Waals surface area contributed by atoms with Gasteiger partial charge in [0.25, 0.3) is 0 Å². The SMILES string of the molecule is Cc1cc(C)cc(-n2c3ccccc3c3cc(-c4ccc(-c5ccc6c(c5)C5(c7ccccc7-c7ccccc75)c5cc(-c7ccc(-c8ccc9c(c8)c8ccccc8n9-c8cc(C)cc(C)c8)cc7)ccc5-6)cc4)ccc32)c1. The summed E-state index contributed by atoms with van der Waals surface area (Å²) in [6, 6.07) is 96.4. The van der Waals surface area contributed by atoms with Crippen molar-refractivity contribution in [2.45, 2.75) is 33.1 Å². The fourth-order valence-corrected chi connectivity index (χ4v) is 14.2. The molecule has 0 saturated heterocycles. The number of benzene rings is 12. The van der Waals surface area contributed by atoms with Crippen molar-refractivity contribution in [3.8, 4) is 78.1 Å². The van der Waals surface area contributed by atoms with Gasteiger partial charge in [0.2, 0.25) is 0 Å². The summed E-state index contributed by atoms with van der Waals surface area (Å²) in [6.45, 7) is 8.74. The number of hydrogen-bond acceptors (Lipinski definition) is 0. The number of hydrogen-bond donors (Lipinski definition) is 0. The molecule has 2 aromatic heterocycles. The first kappa shape index (κ1) is 45.4. The number of nitrogens with zero attached hydrogens (tertiary/aromatic N) is 2. The van der Waals surface area contributed by atoms with E-state index in [0.717, 1.165) is 0 Å². The Balaban J connectivity index is 0.770. The van der Waals surface area contributed by atoms with Crippen LogP contribution in [0.5, 0.6) is 0 Å². The Hall–Kier alpha value is -9.76. The molecule has 0 amide bonds. The van der Waals surface area contributed by atoms with Crippen molar-refractivity contribution < 1.29 is 0 Å². The van der Waals surface area contributed by atoms with Gasteiger partial charge in [-0.1, -0.05) is 182 Å². The minimum absolute atomic E-state index is 0.485. The average molecular weight is 1010 g/mol. The van der Waals surface area contributed by atoms with Crippen molar-refractivity contribution in [2.75, 3.05) is 0 Å². The van der Waals surface area contributed by atoms with Crippen molar-refractivity contribution >= 4 is 43.6 Å². The lowest BCUT2D eigenvalue weighted by Crippen LogP contribution is -2.26. The maximum atomic E-state index is 2.50. The molecule has 14 aromatic rings. The van der Waals surface area contributed by atoms with Crippen LogP contribution in [0.3, 0.4) is 0 Å². The van der Waals surface area contributed by atoms with Crippen LogP contribution < -0.4 is 0 Å². The van der Waals surface area contributed by atoms with Crippen molar-refractivity contribution in [2.24, 2.45) is 0 Å². The molecule has 2 nitrogen and oxygen atoms in total. The van der Waals surface area contributed by atoms with E-state index in [2.05, 4.69) is 292 Å². The van der Waals surface area contributed by atoms with Crippen molar-refractivity contribution in [1.29, 1.82) is 0 Å². The molecule has 0 bridgehead atoms. The molecule has 372 valence electrons. The van der Waals surface area contributed by atoms with Gasteiger partial charge in [0.05, 0.1) is 27.5 Å². The van der Waals surface area contributed by atoms with Crippen LogP contribution in [0.4, 0.5) is 0 Å². The fourth-order valence-electron chi connectivity index (χ4n) is 14.2. The van der Waals surface area contributed by atoms with E-state index in [9.17, 15) is 0 Å². The van der Waals surface area contributed by atoms with Crippen LogP contribution in [0, 0.1) is 27.7 Å². The molecule has 0 atom stereocenters. The predicted octanol–water partition coefficient (Wildman–Crippen LogP) is 20.1. The summed E-state index contributed by atoms with van der Waals surface area (Å²) >= 11 is 0. The molecule has 2 aliphatic carbocycles. The maximum absolute atomic E-state index is 2.50. The van der Waals surface area contributed by atoms with E-state index < -0.39 is 5.41 Å². The first-order chi connectivity index (χ1) is 38.8. The zero-order valence-corrected chi connectivity index (χ0v) is 44.6. The first-order valence-corrected chi connectivity index (χ1v) is 27.7. The van der Waals surface area contributed by atoms with E-state index in [-0.39, 0.29) is 0 Å². The number of aryl methyl sites for hydroxylation is 4. The van der Waals surface area contributed by atoms with Gasteiger partial charge in [-0.3, -0.25) is 0 Å². The summed E-state index contributed by atoms with van der Waals surface area (Å²) in [6.07, 6.45) is 0. The predicted molar refractivity (Wildman–Crippen MR) is 332 cm³/mol. The molecule has 1 spiro atoms. The van der Waals surface area contributed by atoms with Gasteiger partial charge in [-0.05, 0) is 212 Å². The van der Waals surface area contributed by atoms with E-state index in [1.165, 1.54) is 166 Å². The van der Waals surface area contributed by atoms with Gasteiger partial charge in [-0.2, -0.15) is 0 Å². The second-order valence-corrected chi connectivity index (χ2v) is 22.4. The van der Waals surface area contributed by atoms with E-state index in [1.54, 1.807) is 0 Å². The topological polar surface area (TPSA) is 9.86 Å². The average Bonchev–Trinajstić information content (AvgIpc) is 3.92. The summed E-state index contributed by atoms with van der Waals surface area (Å²) in [5, 5.41) is 5.06. The molecule has 0 fully saturated rings. The summed E-state index contributed by atoms with van der Waals surface area (Å²) in [7, 11) is 0. The molecule has 2 heterocycles. The number of fused-ring (bicyclic) bond motifs is 16. The number of rotatable bonds is 6. The Morgan fingerprint density at radius 1 is 0.228 bits per heavy atom. The molecule has 2 heteroatoms. The fraction of sp³-hybridized carbons (Fsp3) is 0.0649. The highest BCUT2D eigenvalue weighted by Crippen LogP contribution is 2.63.